The monoisotopic (exact) mass is 472 g/mol. The molecule has 4 heterocycles. The molecule has 2 aromatic rings. The summed E-state index contributed by atoms with van der Waals surface area (Å²) in [5.41, 5.74) is 1.58. The third kappa shape index (κ3) is 5.71. The predicted octanol–water partition coefficient (Wildman–Crippen LogP) is 4.51. The standard InChI is InChI=1S/C23H29ClN6O3/c1-23(2,3)33-22(32)29-8-4-6-15(14-29)20-18(24)13-26-21(28-20)27-16-10-17(12-25-11-16)30-9-5-7-19(30)31/h10-13,15H,4-9,14H2,1-3H3,(H,26,27,28). The van der Waals surface area contributed by atoms with Crippen LogP contribution in [0.4, 0.5) is 22.1 Å². The number of likely N-dealkylation sites (tertiary alicyclic amines) is 1. The lowest BCUT2D eigenvalue weighted by Crippen LogP contribution is -2.42. The van der Waals surface area contributed by atoms with Gasteiger partial charge in [0.25, 0.3) is 0 Å². The van der Waals surface area contributed by atoms with Crippen LogP contribution in [0.3, 0.4) is 0 Å². The maximum absolute atomic E-state index is 12.5. The van der Waals surface area contributed by atoms with E-state index in [0.29, 0.717) is 48.4 Å². The number of carbonyl (C=O) groups is 2. The first kappa shape index (κ1) is 23.2. The minimum Gasteiger partial charge on any atom is -0.444 e. The van der Waals surface area contributed by atoms with Gasteiger partial charge in [0.2, 0.25) is 11.9 Å². The number of carbonyl (C=O) groups excluding carboxylic acids is 2. The number of hydrogen-bond acceptors (Lipinski definition) is 7. The fourth-order valence-electron chi connectivity index (χ4n) is 4.11. The summed E-state index contributed by atoms with van der Waals surface area (Å²) in [6, 6.07) is 1.86. The molecule has 0 spiro atoms. The first-order valence-corrected chi connectivity index (χ1v) is 11.6. The Kier molecular flexibility index (Phi) is 6.69. The Labute approximate surface area is 198 Å². The molecule has 0 saturated carbocycles. The largest absolute Gasteiger partial charge is 0.444 e. The van der Waals surface area contributed by atoms with Gasteiger partial charge in [0.1, 0.15) is 5.60 Å². The van der Waals surface area contributed by atoms with Gasteiger partial charge in [0.15, 0.2) is 0 Å². The Morgan fingerprint density at radius 3 is 2.76 bits per heavy atom. The number of ether oxygens (including phenoxy) is 1. The van der Waals surface area contributed by atoms with E-state index in [1.165, 1.54) is 0 Å². The van der Waals surface area contributed by atoms with Gasteiger partial charge in [-0.2, -0.15) is 0 Å². The minimum atomic E-state index is -0.546. The van der Waals surface area contributed by atoms with Gasteiger partial charge in [-0.15, -0.1) is 0 Å². The molecule has 2 aliphatic rings. The van der Waals surface area contributed by atoms with Gasteiger partial charge < -0.3 is 19.9 Å². The number of anilines is 3. The van der Waals surface area contributed by atoms with Gasteiger partial charge in [0, 0.05) is 32.0 Å². The van der Waals surface area contributed by atoms with E-state index in [9.17, 15) is 9.59 Å². The number of rotatable bonds is 4. The minimum absolute atomic E-state index is 0.0194. The second kappa shape index (κ2) is 9.51. The molecule has 33 heavy (non-hydrogen) atoms. The molecule has 9 nitrogen and oxygen atoms in total. The van der Waals surface area contributed by atoms with Gasteiger partial charge >= 0.3 is 6.09 Å². The van der Waals surface area contributed by atoms with E-state index < -0.39 is 5.60 Å². The maximum atomic E-state index is 12.5. The highest BCUT2D eigenvalue weighted by atomic mass is 35.5. The Bertz CT molecular complexity index is 1040. The summed E-state index contributed by atoms with van der Waals surface area (Å²) in [6.07, 6.45) is 7.69. The average molecular weight is 473 g/mol. The number of nitrogens with one attached hydrogen (secondary N) is 1. The van der Waals surface area contributed by atoms with Gasteiger partial charge in [-0.05, 0) is 46.1 Å². The zero-order valence-electron chi connectivity index (χ0n) is 19.2. The van der Waals surface area contributed by atoms with Crippen LogP contribution in [0.5, 0.6) is 0 Å². The topological polar surface area (TPSA) is 101 Å². The molecule has 1 N–H and O–H groups in total. The van der Waals surface area contributed by atoms with Crippen molar-refractivity contribution in [3.05, 3.63) is 35.4 Å². The quantitative estimate of drug-likeness (QED) is 0.698. The van der Waals surface area contributed by atoms with Crippen LogP contribution in [0, 0.1) is 0 Å². The predicted molar refractivity (Wildman–Crippen MR) is 126 cm³/mol. The molecule has 2 aromatic heterocycles. The highest BCUT2D eigenvalue weighted by Gasteiger charge is 2.30. The van der Waals surface area contributed by atoms with Crippen LogP contribution in [0.1, 0.15) is 58.1 Å². The molecule has 2 saturated heterocycles. The summed E-state index contributed by atoms with van der Waals surface area (Å²) in [7, 11) is 0. The van der Waals surface area contributed by atoms with Crippen molar-refractivity contribution in [3.63, 3.8) is 0 Å². The summed E-state index contributed by atoms with van der Waals surface area (Å²) in [5, 5.41) is 3.63. The molecule has 1 unspecified atom stereocenters. The third-order valence-electron chi connectivity index (χ3n) is 5.60. The van der Waals surface area contributed by atoms with Crippen molar-refractivity contribution in [3.8, 4) is 0 Å². The zero-order valence-corrected chi connectivity index (χ0v) is 19.9. The summed E-state index contributed by atoms with van der Waals surface area (Å²) >= 11 is 6.45. The van der Waals surface area contributed by atoms with Gasteiger partial charge in [0.05, 0.1) is 40.7 Å². The van der Waals surface area contributed by atoms with Crippen LogP contribution in [0.2, 0.25) is 5.02 Å². The number of halogens is 1. The van der Waals surface area contributed by atoms with E-state index in [-0.39, 0.29) is 17.9 Å². The summed E-state index contributed by atoms with van der Waals surface area (Å²) in [5.74, 6) is 0.468. The number of amides is 2. The number of pyridine rings is 1. The van der Waals surface area contributed by atoms with Crippen LogP contribution >= 0.6 is 11.6 Å². The second-order valence-electron chi connectivity index (χ2n) is 9.40. The lowest BCUT2D eigenvalue weighted by molar-refractivity contribution is -0.117. The molecule has 176 valence electrons. The summed E-state index contributed by atoms with van der Waals surface area (Å²) < 4.78 is 5.53. The van der Waals surface area contributed by atoms with E-state index in [0.717, 1.165) is 24.9 Å². The van der Waals surface area contributed by atoms with Crippen LogP contribution in [-0.4, -0.2) is 57.1 Å². The SMILES string of the molecule is CC(C)(C)OC(=O)N1CCCC(c2nc(Nc3cncc(N4CCCC4=O)c3)ncc2Cl)C1. The van der Waals surface area contributed by atoms with E-state index in [4.69, 9.17) is 16.3 Å². The first-order chi connectivity index (χ1) is 15.7. The van der Waals surface area contributed by atoms with Gasteiger partial charge in [-0.3, -0.25) is 9.78 Å². The van der Waals surface area contributed by atoms with Crippen molar-refractivity contribution in [2.24, 2.45) is 0 Å². The Hall–Kier alpha value is -2.94. The molecular formula is C23H29ClN6O3. The molecule has 0 radical (unpaired) electrons. The Morgan fingerprint density at radius 2 is 2.03 bits per heavy atom. The Balaban J connectivity index is 1.49. The van der Waals surface area contributed by atoms with Gasteiger partial charge in [-0.25, -0.2) is 14.8 Å². The molecule has 0 bridgehead atoms. The molecule has 10 heteroatoms. The van der Waals surface area contributed by atoms with E-state index in [1.807, 2.05) is 26.8 Å². The number of aromatic nitrogens is 3. The molecule has 1 atom stereocenters. The number of nitrogens with zero attached hydrogens (tertiary/aromatic N) is 5. The zero-order chi connectivity index (χ0) is 23.6. The van der Waals surface area contributed by atoms with Crippen LogP contribution in [-0.2, 0) is 9.53 Å². The van der Waals surface area contributed by atoms with Crippen molar-refractivity contribution < 1.29 is 14.3 Å². The highest BCUT2D eigenvalue weighted by molar-refractivity contribution is 6.31. The average Bonchev–Trinajstić information content (AvgIpc) is 3.20. The van der Waals surface area contributed by atoms with Crippen molar-refractivity contribution >= 4 is 40.9 Å². The second-order valence-corrected chi connectivity index (χ2v) is 9.81. The van der Waals surface area contributed by atoms with Crippen molar-refractivity contribution in [1.82, 2.24) is 19.9 Å². The normalized spacial score (nSPS) is 19.0. The van der Waals surface area contributed by atoms with E-state index >= 15 is 0 Å². The van der Waals surface area contributed by atoms with Crippen LogP contribution in [0.15, 0.2) is 24.7 Å². The molecular weight excluding hydrogens is 444 g/mol. The van der Waals surface area contributed by atoms with E-state index in [1.54, 1.807) is 28.4 Å². The summed E-state index contributed by atoms with van der Waals surface area (Å²) in [6.45, 7) is 7.40. The first-order valence-electron chi connectivity index (χ1n) is 11.2. The molecule has 0 aromatic carbocycles. The fourth-order valence-corrected chi connectivity index (χ4v) is 4.36. The van der Waals surface area contributed by atoms with Crippen molar-refractivity contribution in [2.75, 3.05) is 29.9 Å². The molecule has 2 fully saturated rings. The number of piperidine rings is 1. The van der Waals surface area contributed by atoms with Gasteiger partial charge in [-0.1, -0.05) is 11.6 Å². The highest BCUT2D eigenvalue weighted by Crippen LogP contribution is 2.32. The van der Waals surface area contributed by atoms with Crippen molar-refractivity contribution in [2.45, 2.75) is 58.0 Å². The van der Waals surface area contributed by atoms with E-state index in [2.05, 4.69) is 20.3 Å². The molecule has 4 rings (SSSR count). The van der Waals surface area contributed by atoms with Crippen molar-refractivity contribution in [1.29, 1.82) is 0 Å². The van der Waals surface area contributed by atoms with Crippen LogP contribution < -0.4 is 10.2 Å². The number of hydrogen-bond donors (Lipinski definition) is 1. The molecule has 2 aliphatic heterocycles. The molecule has 0 aliphatic carbocycles. The fraction of sp³-hybridized carbons (Fsp3) is 0.522. The maximum Gasteiger partial charge on any atom is 0.410 e. The third-order valence-corrected chi connectivity index (χ3v) is 5.89. The lowest BCUT2D eigenvalue weighted by Gasteiger charge is -2.34. The summed E-state index contributed by atoms with van der Waals surface area (Å²) in [4.78, 5) is 41.3. The lowest BCUT2D eigenvalue weighted by atomic mass is 9.95. The smallest absolute Gasteiger partial charge is 0.410 e. The van der Waals surface area contributed by atoms with Crippen LogP contribution in [0.25, 0.3) is 0 Å². The molecule has 2 amide bonds. The Morgan fingerprint density at radius 1 is 1.21 bits per heavy atom.